The first kappa shape index (κ1) is 11.1. The van der Waals surface area contributed by atoms with Crippen molar-refractivity contribution in [2.45, 2.75) is 0 Å². The van der Waals surface area contributed by atoms with Crippen LogP contribution in [0.2, 0.25) is 5.02 Å². The fourth-order valence-electron chi connectivity index (χ4n) is 1.13. The number of rotatable bonds is 2. The van der Waals surface area contributed by atoms with Crippen LogP contribution >= 0.6 is 27.5 Å². The maximum Gasteiger partial charge on any atom is 0.338 e. The van der Waals surface area contributed by atoms with E-state index in [1.54, 1.807) is 6.07 Å². The summed E-state index contributed by atoms with van der Waals surface area (Å²) >= 11 is 9.02. The maximum atomic E-state index is 10.7. The van der Waals surface area contributed by atoms with Crippen molar-refractivity contribution in [3.63, 3.8) is 0 Å². The van der Waals surface area contributed by atoms with Crippen molar-refractivity contribution in [1.29, 1.82) is 0 Å². The third kappa shape index (κ3) is 2.07. The monoisotopic (exact) mass is 301 g/mol. The predicted octanol–water partition coefficient (Wildman–Crippen LogP) is 2.38. The van der Waals surface area contributed by atoms with Gasteiger partial charge in [-0.1, -0.05) is 11.6 Å². The van der Waals surface area contributed by atoms with Gasteiger partial charge in [0.15, 0.2) is 5.82 Å². The quantitative estimate of drug-likeness (QED) is 0.925. The molecule has 82 valence electrons. The first-order valence-corrected chi connectivity index (χ1v) is 5.34. The van der Waals surface area contributed by atoms with Crippen LogP contribution in [0.1, 0.15) is 10.4 Å². The molecule has 0 saturated carbocycles. The number of carboxylic acids is 1. The van der Waals surface area contributed by atoms with Crippen LogP contribution in [0.3, 0.4) is 0 Å². The maximum absolute atomic E-state index is 10.7. The van der Waals surface area contributed by atoms with Gasteiger partial charge in [0.25, 0.3) is 0 Å². The van der Waals surface area contributed by atoms with E-state index in [-0.39, 0.29) is 5.56 Å². The first-order chi connectivity index (χ1) is 7.58. The van der Waals surface area contributed by atoms with Crippen LogP contribution in [0.4, 0.5) is 0 Å². The van der Waals surface area contributed by atoms with Gasteiger partial charge < -0.3 is 5.11 Å². The van der Waals surface area contributed by atoms with E-state index in [1.807, 2.05) is 0 Å². The van der Waals surface area contributed by atoms with Gasteiger partial charge in [-0.25, -0.2) is 14.5 Å². The third-order valence-corrected chi connectivity index (χ3v) is 2.63. The Morgan fingerprint density at radius 3 is 2.81 bits per heavy atom. The van der Waals surface area contributed by atoms with Gasteiger partial charge in [0, 0.05) is 12.4 Å². The molecule has 0 amide bonds. The number of pyridine rings is 1. The van der Waals surface area contributed by atoms with Crippen LogP contribution < -0.4 is 0 Å². The highest BCUT2D eigenvalue weighted by atomic mass is 79.9. The molecule has 0 unspecified atom stereocenters. The average Bonchev–Trinajstić information content (AvgIpc) is 2.66. The lowest BCUT2D eigenvalue weighted by Gasteiger charge is -2.02. The minimum absolute atomic E-state index is 0.101. The molecule has 0 aliphatic carbocycles. The molecule has 0 aliphatic rings. The molecule has 2 rings (SSSR count). The van der Waals surface area contributed by atoms with Crippen molar-refractivity contribution in [3.05, 3.63) is 39.7 Å². The van der Waals surface area contributed by atoms with Crippen molar-refractivity contribution in [2.75, 3.05) is 0 Å². The van der Waals surface area contributed by atoms with Gasteiger partial charge in [-0.2, -0.15) is 5.10 Å². The Labute approximate surface area is 104 Å². The molecule has 16 heavy (non-hydrogen) atoms. The summed E-state index contributed by atoms with van der Waals surface area (Å²) in [7, 11) is 0. The molecule has 5 nitrogen and oxygen atoms in total. The van der Waals surface area contributed by atoms with Gasteiger partial charge in [0.05, 0.1) is 21.3 Å². The fraction of sp³-hybridized carbons (Fsp3) is 0. The molecule has 7 heteroatoms. The molecule has 0 aliphatic heterocycles. The second-order valence-electron chi connectivity index (χ2n) is 2.94. The Bertz CT molecular complexity index is 555. The van der Waals surface area contributed by atoms with Crippen LogP contribution in [0, 0.1) is 0 Å². The number of aromatic carboxylic acids is 1. The van der Waals surface area contributed by atoms with Crippen molar-refractivity contribution in [3.8, 4) is 5.82 Å². The van der Waals surface area contributed by atoms with E-state index in [4.69, 9.17) is 16.7 Å². The standard InChI is InChI=1S/C9H5BrClN3O2/c10-7-1-6(11)3-12-8(7)14-4-5(2-13-14)9(15)16/h1-4H,(H,15,16). The molecule has 0 spiro atoms. The van der Waals surface area contributed by atoms with Crippen molar-refractivity contribution < 1.29 is 9.90 Å². The summed E-state index contributed by atoms with van der Waals surface area (Å²) in [4.78, 5) is 14.7. The second kappa shape index (κ2) is 4.23. The number of carbonyl (C=O) groups is 1. The van der Waals surface area contributed by atoms with E-state index in [0.717, 1.165) is 0 Å². The smallest absolute Gasteiger partial charge is 0.338 e. The summed E-state index contributed by atoms with van der Waals surface area (Å²) in [5, 5.41) is 13.1. The van der Waals surface area contributed by atoms with Crippen LogP contribution in [0.15, 0.2) is 29.1 Å². The predicted molar refractivity (Wildman–Crippen MR) is 61.0 cm³/mol. The molecule has 0 atom stereocenters. The van der Waals surface area contributed by atoms with Gasteiger partial charge >= 0.3 is 5.97 Å². The number of halogens is 2. The van der Waals surface area contributed by atoms with Gasteiger partial charge in [0.2, 0.25) is 0 Å². The first-order valence-electron chi connectivity index (χ1n) is 4.17. The van der Waals surface area contributed by atoms with E-state index in [1.165, 1.54) is 23.3 Å². The third-order valence-electron chi connectivity index (χ3n) is 1.83. The van der Waals surface area contributed by atoms with Crippen molar-refractivity contribution >= 4 is 33.5 Å². The minimum Gasteiger partial charge on any atom is -0.478 e. The van der Waals surface area contributed by atoms with E-state index < -0.39 is 5.97 Å². The summed E-state index contributed by atoms with van der Waals surface area (Å²) in [5.41, 5.74) is 0.101. The molecule has 2 aromatic heterocycles. The Hall–Kier alpha value is -1.40. The number of aromatic nitrogens is 3. The highest BCUT2D eigenvalue weighted by molar-refractivity contribution is 9.10. The lowest BCUT2D eigenvalue weighted by Crippen LogP contribution is -1.99. The van der Waals surface area contributed by atoms with Crippen LogP contribution in [0.25, 0.3) is 5.82 Å². The molecule has 0 saturated heterocycles. The number of nitrogens with zero attached hydrogens (tertiary/aromatic N) is 3. The van der Waals surface area contributed by atoms with E-state index in [0.29, 0.717) is 15.3 Å². The summed E-state index contributed by atoms with van der Waals surface area (Å²) in [6, 6.07) is 1.66. The zero-order valence-electron chi connectivity index (χ0n) is 7.76. The Kier molecular flexibility index (Phi) is 2.93. The minimum atomic E-state index is -1.03. The zero-order valence-corrected chi connectivity index (χ0v) is 10.1. The highest BCUT2D eigenvalue weighted by Gasteiger charge is 2.10. The molecule has 1 N–H and O–H groups in total. The van der Waals surface area contributed by atoms with Crippen LogP contribution in [-0.4, -0.2) is 25.8 Å². The molecule has 2 aromatic rings. The van der Waals surface area contributed by atoms with Gasteiger partial charge in [0.1, 0.15) is 0 Å². The summed E-state index contributed by atoms with van der Waals surface area (Å²) < 4.78 is 2.00. The summed E-state index contributed by atoms with van der Waals surface area (Å²) in [6.45, 7) is 0. The lowest BCUT2D eigenvalue weighted by atomic mass is 10.4. The van der Waals surface area contributed by atoms with Gasteiger partial charge in [-0.05, 0) is 22.0 Å². The number of hydrogen-bond donors (Lipinski definition) is 1. The molecule has 0 fully saturated rings. The SMILES string of the molecule is O=C(O)c1cnn(-c2ncc(Cl)cc2Br)c1. The number of hydrogen-bond acceptors (Lipinski definition) is 3. The lowest BCUT2D eigenvalue weighted by molar-refractivity contribution is 0.0697. The fourth-order valence-corrected chi connectivity index (χ4v) is 1.95. The Balaban J connectivity index is 2.46. The molecule has 2 heterocycles. The normalized spacial score (nSPS) is 10.4. The average molecular weight is 303 g/mol. The van der Waals surface area contributed by atoms with Crippen molar-refractivity contribution in [1.82, 2.24) is 14.8 Å². The van der Waals surface area contributed by atoms with Crippen molar-refractivity contribution in [2.24, 2.45) is 0 Å². The summed E-state index contributed by atoms with van der Waals surface area (Å²) in [6.07, 6.45) is 4.10. The van der Waals surface area contributed by atoms with E-state index >= 15 is 0 Å². The molecule has 0 bridgehead atoms. The van der Waals surface area contributed by atoms with Gasteiger partial charge in [-0.3, -0.25) is 0 Å². The largest absolute Gasteiger partial charge is 0.478 e. The van der Waals surface area contributed by atoms with E-state index in [9.17, 15) is 4.79 Å². The number of carboxylic acid groups (broad SMARTS) is 1. The van der Waals surface area contributed by atoms with Crippen LogP contribution in [0.5, 0.6) is 0 Å². The molecular weight excluding hydrogens is 297 g/mol. The Morgan fingerprint density at radius 2 is 2.25 bits per heavy atom. The molecular formula is C9H5BrClN3O2. The second-order valence-corrected chi connectivity index (χ2v) is 4.23. The summed E-state index contributed by atoms with van der Waals surface area (Å²) in [5.74, 6) is -0.548. The van der Waals surface area contributed by atoms with Gasteiger partial charge in [-0.15, -0.1) is 0 Å². The Morgan fingerprint density at radius 1 is 1.50 bits per heavy atom. The zero-order chi connectivity index (χ0) is 11.7. The topological polar surface area (TPSA) is 68.0 Å². The van der Waals surface area contributed by atoms with E-state index in [2.05, 4.69) is 26.0 Å². The highest BCUT2D eigenvalue weighted by Crippen LogP contribution is 2.21. The van der Waals surface area contributed by atoms with Crippen LogP contribution in [-0.2, 0) is 0 Å². The molecule has 0 aromatic carbocycles. The molecule has 0 radical (unpaired) electrons.